The standard InChI is InChI=1S/C25H33N7/c1-24(2)14-19(15-25(3,4)31-24)30-22-21(26)23(29-17-28-22)32(20-12-8-9-13-27-20)16-18-10-6-5-7-11-18/h5-13,17,19,31H,14-16,26H2,1-4H3,(H,28,29,30). The third-order valence-corrected chi connectivity index (χ3v) is 5.76. The van der Waals surface area contributed by atoms with E-state index in [0.717, 1.165) is 24.2 Å². The maximum absolute atomic E-state index is 6.66. The van der Waals surface area contributed by atoms with Gasteiger partial charge >= 0.3 is 0 Å². The number of hydrogen-bond donors (Lipinski definition) is 3. The zero-order valence-electron chi connectivity index (χ0n) is 19.3. The quantitative estimate of drug-likeness (QED) is 0.529. The minimum absolute atomic E-state index is 0.0251. The van der Waals surface area contributed by atoms with Crippen LogP contribution < -0.4 is 21.3 Å². The molecule has 0 radical (unpaired) electrons. The van der Waals surface area contributed by atoms with E-state index in [4.69, 9.17) is 5.73 Å². The fourth-order valence-electron chi connectivity index (χ4n) is 4.88. The van der Waals surface area contributed by atoms with Gasteiger partial charge < -0.3 is 21.3 Å². The number of nitrogens with one attached hydrogen (secondary N) is 2. The van der Waals surface area contributed by atoms with E-state index in [2.05, 4.69) is 65.4 Å². The Morgan fingerprint density at radius 2 is 1.66 bits per heavy atom. The van der Waals surface area contributed by atoms with Gasteiger partial charge in [-0.3, -0.25) is 0 Å². The largest absolute Gasteiger partial charge is 0.393 e. The molecular weight excluding hydrogens is 398 g/mol. The lowest BCUT2D eigenvalue weighted by molar-refractivity contribution is 0.170. The first-order valence-corrected chi connectivity index (χ1v) is 11.1. The second-order valence-electron chi connectivity index (χ2n) is 9.86. The van der Waals surface area contributed by atoms with Crippen molar-refractivity contribution in [3.8, 4) is 0 Å². The smallest absolute Gasteiger partial charge is 0.163 e. The monoisotopic (exact) mass is 431 g/mol. The topological polar surface area (TPSA) is 92.0 Å². The summed E-state index contributed by atoms with van der Waals surface area (Å²) in [4.78, 5) is 15.6. The summed E-state index contributed by atoms with van der Waals surface area (Å²) in [6, 6.07) is 16.3. The lowest BCUT2D eigenvalue weighted by Gasteiger charge is -2.46. The van der Waals surface area contributed by atoms with Crippen LogP contribution in [0.5, 0.6) is 0 Å². The Kier molecular flexibility index (Phi) is 6.02. The number of nitrogens with zero attached hydrogens (tertiary/aromatic N) is 4. The molecule has 3 aromatic rings. The van der Waals surface area contributed by atoms with E-state index < -0.39 is 0 Å². The molecule has 0 unspecified atom stereocenters. The minimum Gasteiger partial charge on any atom is -0.393 e. The van der Waals surface area contributed by atoms with Gasteiger partial charge in [0, 0.05) is 23.3 Å². The highest BCUT2D eigenvalue weighted by Gasteiger charge is 2.38. The second-order valence-corrected chi connectivity index (χ2v) is 9.86. The number of aromatic nitrogens is 3. The molecule has 0 spiro atoms. The molecule has 1 saturated heterocycles. The van der Waals surface area contributed by atoms with E-state index >= 15 is 0 Å². The van der Waals surface area contributed by atoms with Crippen LogP contribution in [0.2, 0.25) is 0 Å². The van der Waals surface area contributed by atoms with Crippen molar-refractivity contribution >= 4 is 23.1 Å². The van der Waals surface area contributed by atoms with Gasteiger partial charge in [0.2, 0.25) is 0 Å². The molecule has 0 bridgehead atoms. The number of nitrogens with two attached hydrogens (primary N) is 1. The van der Waals surface area contributed by atoms with Gasteiger partial charge in [0.05, 0.1) is 6.54 Å². The average molecular weight is 432 g/mol. The fourth-order valence-corrected chi connectivity index (χ4v) is 4.88. The molecule has 1 fully saturated rings. The molecule has 7 nitrogen and oxygen atoms in total. The Morgan fingerprint density at radius 1 is 0.969 bits per heavy atom. The number of hydrogen-bond acceptors (Lipinski definition) is 7. The summed E-state index contributed by atoms with van der Waals surface area (Å²) in [6.07, 6.45) is 5.31. The molecule has 2 aromatic heterocycles. The first kappa shape index (κ1) is 22.0. The molecule has 7 heteroatoms. The average Bonchev–Trinajstić information content (AvgIpc) is 2.73. The third-order valence-electron chi connectivity index (χ3n) is 5.76. The number of nitrogen functional groups attached to an aromatic ring is 1. The van der Waals surface area contributed by atoms with E-state index in [0.29, 0.717) is 23.9 Å². The van der Waals surface area contributed by atoms with Crippen molar-refractivity contribution < 1.29 is 0 Å². The van der Waals surface area contributed by atoms with Crippen LogP contribution in [0.3, 0.4) is 0 Å². The highest BCUT2D eigenvalue weighted by atomic mass is 15.3. The van der Waals surface area contributed by atoms with Crippen LogP contribution in [-0.4, -0.2) is 32.1 Å². The lowest BCUT2D eigenvalue weighted by atomic mass is 9.79. The zero-order valence-corrected chi connectivity index (χ0v) is 19.3. The van der Waals surface area contributed by atoms with Crippen molar-refractivity contribution in [3.63, 3.8) is 0 Å². The van der Waals surface area contributed by atoms with Crippen molar-refractivity contribution in [2.45, 2.75) is 64.2 Å². The normalized spacial score (nSPS) is 17.6. The molecule has 1 aliphatic heterocycles. The van der Waals surface area contributed by atoms with Crippen LogP contribution in [0.1, 0.15) is 46.1 Å². The third kappa shape index (κ3) is 5.16. The van der Waals surface area contributed by atoms with Crippen molar-refractivity contribution in [3.05, 3.63) is 66.6 Å². The van der Waals surface area contributed by atoms with Crippen LogP contribution in [0.15, 0.2) is 61.1 Å². The van der Waals surface area contributed by atoms with Gasteiger partial charge in [-0.05, 0) is 58.2 Å². The van der Waals surface area contributed by atoms with E-state index in [1.54, 1.807) is 12.5 Å². The van der Waals surface area contributed by atoms with E-state index in [1.807, 2.05) is 41.3 Å². The van der Waals surface area contributed by atoms with Gasteiger partial charge in [0.15, 0.2) is 11.6 Å². The van der Waals surface area contributed by atoms with Gasteiger partial charge in [-0.2, -0.15) is 0 Å². The molecule has 4 rings (SSSR count). The van der Waals surface area contributed by atoms with E-state index in [1.165, 1.54) is 0 Å². The number of anilines is 4. The molecule has 168 valence electrons. The van der Waals surface area contributed by atoms with Gasteiger partial charge in [-0.1, -0.05) is 36.4 Å². The molecule has 0 saturated carbocycles. The van der Waals surface area contributed by atoms with Crippen LogP contribution in [0.4, 0.5) is 23.1 Å². The summed E-state index contributed by atoms with van der Waals surface area (Å²) < 4.78 is 0. The minimum atomic E-state index is 0.0251. The molecule has 32 heavy (non-hydrogen) atoms. The SMILES string of the molecule is CC1(C)CC(Nc2ncnc(N(Cc3ccccc3)c3ccccn3)c2N)CC(C)(C)N1. The number of pyridine rings is 1. The van der Waals surface area contributed by atoms with Crippen molar-refractivity contribution in [1.29, 1.82) is 0 Å². The Hall–Kier alpha value is -3.19. The maximum Gasteiger partial charge on any atom is 0.163 e. The van der Waals surface area contributed by atoms with Crippen LogP contribution in [0, 0.1) is 0 Å². The molecule has 4 N–H and O–H groups in total. The summed E-state index contributed by atoms with van der Waals surface area (Å²) in [7, 11) is 0. The summed E-state index contributed by atoms with van der Waals surface area (Å²) in [5.74, 6) is 2.11. The number of rotatable bonds is 6. The Labute approximate surface area is 190 Å². The predicted octanol–water partition coefficient (Wildman–Crippen LogP) is 4.51. The molecule has 1 aromatic carbocycles. The van der Waals surface area contributed by atoms with E-state index in [9.17, 15) is 0 Å². The van der Waals surface area contributed by atoms with Gasteiger partial charge in [-0.25, -0.2) is 15.0 Å². The van der Waals surface area contributed by atoms with E-state index in [-0.39, 0.29) is 17.1 Å². The molecule has 0 amide bonds. The lowest BCUT2D eigenvalue weighted by Crippen LogP contribution is -2.60. The molecule has 0 atom stereocenters. The van der Waals surface area contributed by atoms with Crippen LogP contribution in [0.25, 0.3) is 0 Å². The summed E-state index contributed by atoms with van der Waals surface area (Å²) in [5, 5.41) is 7.33. The predicted molar refractivity (Wildman–Crippen MR) is 131 cm³/mol. The van der Waals surface area contributed by atoms with Gasteiger partial charge in [0.25, 0.3) is 0 Å². The highest BCUT2D eigenvalue weighted by Crippen LogP contribution is 2.35. The Morgan fingerprint density at radius 3 is 2.31 bits per heavy atom. The summed E-state index contributed by atoms with van der Waals surface area (Å²) in [6.45, 7) is 9.55. The van der Waals surface area contributed by atoms with Gasteiger partial charge in [-0.15, -0.1) is 0 Å². The zero-order chi connectivity index (χ0) is 22.8. The number of benzene rings is 1. The fraction of sp³-hybridized carbons (Fsp3) is 0.400. The Bertz CT molecular complexity index is 1020. The molecule has 0 aliphatic carbocycles. The highest BCUT2D eigenvalue weighted by molar-refractivity contribution is 5.78. The van der Waals surface area contributed by atoms with Gasteiger partial charge in [0.1, 0.15) is 17.8 Å². The molecule has 3 heterocycles. The maximum atomic E-state index is 6.66. The van der Waals surface area contributed by atoms with Crippen molar-refractivity contribution in [2.75, 3.05) is 16.0 Å². The number of piperidine rings is 1. The molecular formula is C25H33N7. The summed E-state index contributed by atoms with van der Waals surface area (Å²) >= 11 is 0. The second kappa shape index (κ2) is 8.74. The van der Waals surface area contributed by atoms with Crippen LogP contribution in [-0.2, 0) is 6.54 Å². The first-order valence-electron chi connectivity index (χ1n) is 11.1. The van der Waals surface area contributed by atoms with Crippen molar-refractivity contribution in [1.82, 2.24) is 20.3 Å². The van der Waals surface area contributed by atoms with Crippen molar-refractivity contribution in [2.24, 2.45) is 0 Å². The van der Waals surface area contributed by atoms with Crippen LogP contribution >= 0.6 is 0 Å². The molecule has 1 aliphatic rings. The Balaban J connectivity index is 1.66. The first-order chi connectivity index (χ1) is 15.2. The summed E-state index contributed by atoms with van der Waals surface area (Å²) in [5.41, 5.74) is 8.38.